The molecule has 0 radical (unpaired) electrons. The highest BCUT2D eigenvalue weighted by molar-refractivity contribution is 4.70. The molecule has 1 heteroatoms. The Hall–Kier alpha value is -0.300. The molecule has 0 aromatic rings. The van der Waals surface area contributed by atoms with Crippen LogP contribution in [0.3, 0.4) is 0 Å². The van der Waals surface area contributed by atoms with Crippen molar-refractivity contribution in [3.05, 3.63) is 12.7 Å². The van der Waals surface area contributed by atoms with E-state index in [0.29, 0.717) is 6.04 Å². The highest BCUT2D eigenvalue weighted by atomic mass is 14.9. The monoisotopic (exact) mass is 169 g/mol. The Kier molecular flexibility index (Phi) is 8.57. The fourth-order valence-corrected chi connectivity index (χ4v) is 1.19. The van der Waals surface area contributed by atoms with Crippen LogP contribution >= 0.6 is 0 Å². The maximum Gasteiger partial charge on any atom is 0.00416 e. The lowest BCUT2D eigenvalue weighted by Gasteiger charge is -2.11. The molecule has 0 aromatic heterocycles. The lowest BCUT2D eigenvalue weighted by atomic mass is 10.1. The van der Waals surface area contributed by atoms with Crippen molar-refractivity contribution < 1.29 is 0 Å². The molecule has 0 aliphatic heterocycles. The van der Waals surface area contributed by atoms with Crippen LogP contribution in [0.5, 0.6) is 0 Å². The second kappa shape index (κ2) is 8.79. The van der Waals surface area contributed by atoms with Crippen molar-refractivity contribution in [2.24, 2.45) is 0 Å². The van der Waals surface area contributed by atoms with E-state index >= 15 is 0 Å². The van der Waals surface area contributed by atoms with Gasteiger partial charge in [-0.15, -0.1) is 6.58 Å². The normalized spacial score (nSPS) is 12.8. The van der Waals surface area contributed by atoms with Crippen LogP contribution in [-0.2, 0) is 0 Å². The Morgan fingerprint density at radius 3 is 2.75 bits per heavy atom. The summed E-state index contributed by atoms with van der Waals surface area (Å²) in [7, 11) is 0. The smallest absolute Gasteiger partial charge is 0.00416 e. The van der Waals surface area contributed by atoms with Gasteiger partial charge >= 0.3 is 0 Å². The summed E-state index contributed by atoms with van der Waals surface area (Å²) < 4.78 is 0. The molecule has 1 N–H and O–H groups in total. The molecule has 1 atom stereocenters. The summed E-state index contributed by atoms with van der Waals surface area (Å²) in [5, 5.41) is 3.50. The van der Waals surface area contributed by atoms with E-state index in [1.165, 1.54) is 32.2 Å². The third-order valence-electron chi connectivity index (χ3n) is 2.08. The van der Waals surface area contributed by atoms with Gasteiger partial charge in [-0.2, -0.15) is 0 Å². The molecule has 0 spiro atoms. The second-order valence-electron chi connectivity index (χ2n) is 3.43. The maximum absolute atomic E-state index is 3.71. The number of nitrogens with one attached hydrogen (secondary N) is 1. The third-order valence-corrected chi connectivity index (χ3v) is 2.08. The molecule has 72 valence electrons. The van der Waals surface area contributed by atoms with Gasteiger partial charge in [0.25, 0.3) is 0 Å². The van der Waals surface area contributed by atoms with Crippen LogP contribution in [0, 0.1) is 0 Å². The van der Waals surface area contributed by atoms with Crippen LogP contribution in [-0.4, -0.2) is 12.6 Å². The fourth-order valence-electron chi connectivity index (χ4n) is 1.19. The largest absolute Gasteiger partial charge is 0.314 e. The van der Waals surface area contributed by atoms with Crippen molar-refractivity contribution in [3.63, 3.8) is 0 Å². The molecule has 0 aliphatic carbocycles. The summed E-state index contributed by atoms with van der Waals surface area (Å²) in [6, 6.07) is 0.653. The van der Waals surface area contributed by atoms with E-state index in [0.717, 1.165) is 6.42 Å². The van der Waals surface area contributed by atoms with Crippen LogP contribution in [0.1, 0.15) is 46.0 Å². The van der Waals surface area contributed by atoms with Crippen LogP contribution < -0.4 is 5.32 Å². The zero-order valence-corrected chi connectivity index (χ0v) is 8.60. The number of rotatable bonds is 8. The molecule has 0 amide bonds. The van der Waals surface area contributed by atoms with Gasteiger partial charge < -0.3 is 5.32 Å². The lowest BCUT2D eigenvalue weighted by molar-refractivity contribution is 0.502. The Morgan fingerprint density at radius 1 is 1.42 bits per heavy atom. The first-order chi connectivity index (χ1) is 5.81. The first-order valence-electron chi connectivity index (χ1n) is 5.15. The fraction of sp³-hybridized carbons (Fsp3) is 0.818. The highest BCUT2D eigenvalue weighted by Gasteiger charge is 1.97. The van der Waals surface area contributed by atoms with Gasteiger partial charge in [0.1, 0.15) is 0 Å². The van der Waals surface area contributed by atoms with Gasteiger partial charge in [-0.05, 0) is 32.7 Å². The third kappa shape index (κ3) is 7.80. The molecule has 0 aromatic carbocycles. The maximum atomic E-state index is 3.71. The minimum absolute atomic E-state index is 0.653. The Bertz CT molecular complexity index is 99.2. The SMILES string of the molecule is C=CCCC(C)NCCCCC. The van der Waals surface area contributed by atoms with Crippen molar-refractivity contribution in [2.75, 3.05) is 6.54 Å². The van der Waals surface area contributed by atoms with Gasteiger partial charge in [0.2, 0.25) is 0 Å². The first-order valence-corrected chi connectivity index (χ1v) is 5.15. The zero-order chi connectivity index (χ0) is 9.23. The van der Waals surface area contributed by atoms with Crippen LogP contribution in [0.2, 0.25) is 0 Å². The summed E-state index contributed by atoms with van der Waals surface area (Å²) in [5.74, 6) is 0. The quantitative estimate of drug-likeness (QED) is 0.435. The van der Waals surface area contributed by atoms with E-state index in [9.17, 15) is 0 Å². The molecule has 0 aliphatic rings. The van der Waals surface area contributed by atoms with E-state index in [4.69, 9.17) is 0 Å². The van der Waals surface area contributed by atoms with Gasteiger partial charge in [0.05, 0.1) is 0 Å². The van der Waals surface area contributed by atoms with E-state index < -0.39 is 0 Å². The van der Waals surface area contributed by atoms with Crippen LogP contribution in [0.4, 0.5) is 0 Å². The summed E-state index contributed by atoms with van der Waals surface area (Å²) in [5.41, 5.74) is 0. The van der Waals surface area contributed by atoms with Gasteiger partial charge in [-0.1, -0.05) is 25.8 Å². The topological polar surface area (TPSA) is 12.0 Å². The minimum atomic E-state index is 0.653. The second-order valence-corrected chi connectivity index (χ2v) is 3.43. The molecule has 0 saturated heterocycles. The molecule has 1 unspecified atom stereocenters. The summed E-state index contributed by atoms with van der Waals surface area (Å²) in [6.45, 7) is 9.37. The van der Waals surface area contributed by atoms with Gasteiger partial charge in [-0.25, -0.2) is 0 Å². The number of hydrogen-bond acceptors (Lipinski definition) is 1. The molecule has 0 bridgehead atoms. The van der Waals surface area contributed by atoms with Gasteiger partial charge in [0, 0.05) is 6.04 Å². The summed E-state index contributed by atoms with van der Waals surface area (Å²) in [6.07, 6.45) is 8.31. The Labute approximate surface area is 77.2 Å². The summed E-state index contributed by atoms with van der Waals surface area (Å²) in [4.78, 5) is 0. The minimum Gasteiger partial charge on any atom is -0.314 e. The van der Waals surface area contributed by atoms with Crippen LogP contribution in [0.15, 0.2) is 12.7 Å². The molecule has 0 rings (SSSR count). The van der Waals surface area contributed by atoms with Crippen molar-refractivity contribution in [1.29, 1.82) is 0 Å². The Balaban J connectivity index is 3.07. The Morgan fingerprint density at radius 2 is 2.17 bits per heavy atom. The molecular weight excluding hydrogens is 146 g/mol. The molecule has 0 heterocycles. The molecule has 0 fully saturated rings. The predicted octanol–water partition coefficient (Wildman–Crippen LogP) is 3.12. The molecular formula is C11H23N. The lowest BCUT2D eigenvalue weighted by Crippen LogP contribution is -2.26. The van der Waals surface area contributed by atoms with E-state index in [1.54, 1.807) is 0 Å². The average Bonchev–Trinajstić information content (AvgIpc) is 2.09. The van der Waals surface area contributed by atoms with Gasteiger partial charge in [0.15, 0.2) is 0 Å². The first kappa shape index (κ1) is 11.7. The zero-order valence-electron chi connectivity index (χ0n) is 8.60. The predicted molar refractivity (Wildman–Crippen MR) is 56.4 cm³/mol. The van der Waals surface area contributed by atoms with Crippen molar-refractivity contribution in [1.82, 2.24) is 5.32 Å². The number of allylic oxidation sites excluding steroid dienone is 1. The van der Waals surface area contributed by atoms with E-state index in [2.05, 4.69) is 25.7 Å². The average molecular weight is 169 g/mol. The van der Waals surface area contributed by atoms with E-state index in [1.807, 2.05) is 6.08 Å². The molecule has 12 heavy (non-hydrogen) atoms. The van der Waals surface area contributed by atoms with Crippen molar-refractivity contribution >= 4 is 0 Å². The van der Waals surface area contributed by atoms with E-state index in [-0.39, 0.29) is 0 Å². The summed E-state index contributed by atoms with van der Waals surface area (Å²) >= 11 is 0. The number of hydrogen-bond donors (Lipinski definition) is 1. The standard InChI is InChI=1S/C11H23N/c1-4-6-8-10-12-11(3)9-7-5-2/h5,11-12H,2,4,6-10H2,1,3H3. The van der Waals surface area contributed by atoms with Crippen molar-refractivity contribution in [2.45, 2.75) is 52.0 Å². The highest BCUT2D eigenvalue weighted by Crippen LogP contribution is 1.97. The molecule has 0 saturated carbocycles. The van der Waals surface area contributed by atoms with Crippen LogP contribution in [0.25, 0.3) is 0 Å². The number of unbranched alkanes of at least 4 members (excludes halogenated alkanes) is 2. The van der Waals surface area contributed by atoms with Crippen molar-refractivity contribution in [3.8, 4) is 0 Å². The molecule has 1 nitrogen and oxygen atoms in total. The van der Waals surface area contributed by atoms with Gasteiger partial charge in [-0.3, -0.25) is 0 Å².